The van der Waals surface area contributed by atoms with Crippen molar-refractivity contribution in [3.05, 3.63) is 53.2 Å². The Balaban J connectivity index is 1.42. The van der Waals surface area contributed by atoms with Gasteiger partial charge in [0.1, 0.15) is 18.2 Å². The number of benzene rings is 1. The number of hydrogen-bond acceptors (Lipinski definition) is 4. The van der Waals surface area contributed by atoms with Crippen molar-refractivity contribution in [1.29, 1.82) is 0 Å². The Kier molecular flexibility index (Phi) is 4.65. The number of hydrogen-bond donors (Lipinski definition) is 1. The zero-order chi connectivity index (χ0) is 16.2. The molecule has 24 heavy (non-hydrogen) atoms. The van der Waals surface area contributed by atoms with E-state index in [4.69, 9.17) is 4.74 Å². The summed E-state index contributed by atoms with van der Waals surface area (Å²) in [5, 5.41) is 3.33. The maximum absolute atomic E-state index is 6.11. The van der Waals surface area contributed by atoms with Crippen molar-refractivity contribution < 1.29 is 4.74 Å². The third-order valence-corrected chi connectivity index (χ3v) is 4.91. The monoisotopic (exact) mass is 323 g/mol. The summed E-state index contributed by atoms with van der Waals surface area (Å²) >= 11 is 0. The summed E-state index contributed by atoms with van der Waals surface area (Å²) in [7, 11) is 0. The molecule has 0 bridgehead atoms. The fourth-order valence-corrected chi connectivity index (χ4v) is 3.56. The molecule has 0 spiro atoms. The van der Waals surface area contributed by atoms with Gasteiger partial charge in [-0.3, -0.25) is 4.90 Å². The van der Waals surface area contributed by atoms with E-state index in [2.05, 4.69) is 45.5 Å². The van der Waals surface area contributed by atoms with E-state index in [1.807, 2.05) is 6.07 Å². The first kappa shape index (κ1) is 15.5. The van der Waals surface area contributed by atoms with Gasteiger partial charge in [0.15, 0.2) is 0 Å². The van der Waals surface area contributed by atoms with Gasteiger partial charge in [-0.1, -0.05) is 30.7 Å². The van der Waals surface area contributed by atoms with Crippen molar-refractivity contribution >= 4 is 5.82 Å². The third kappa shape index (κ3) is 3.54. The minimum atomic E-state index is 0.520. The number of likely N-dealkylation sites (tertiary alicyclic amines) is 1. The molecule has 2 aliphatic heterocycles. The highest BCUT2D eigenvalue weighted by atomic mass is 16.5. The van der Waals surface area contributed by atoms with Gasteiger partial charge in [0, 0.05) is 18.7 Å². The highest BCUT2D eigenvalue weighted by Gasteiger charge is 2.14. The lowest BCUT2D eigenvalue weighted by atomic mass is 10.1. The zero-order valence-electron chi connectivity index (χ0n) is 14.1. The molecule has 3 heterocycles. The van der Waals surface area contributed by atoms with E-state index in [0.717, 1.165) is 36.8 Å². The Labute approximate surface area is 143 Å². The molecule has 0 saturated carbocycles. The maximum Gasteiger partial charge on any atom is 0.130 e. The van der Waals surface area contributed by atoms with Gasteiger partial charge in [-0.25, -0.2) is 4.98 Å². The van der Waals surface area contributed by atoms with E-state index in [9.17, 15) is 0 Å². The number of fused-ring (bicyclic) bond motifs is 1. The van der Waals surface area contributed by atoms with Crippen molar-refractivity contribution in [3.63, 3.8) is 0 Å². The molecule has 0 atom stereocenters. The number of nitrogens with one attached hydrogen (secondary N) is 1. The van der Waals surface area contributed by atoms with E-state index in [1.54, 1.807) is 0 Å². The molecule has 0 amide bonds. The van der Waals surface area contributed by atoms with Crippen LogP contribution in [0, 0.1) is 0 Å². The van der Waals surface area contributed by atoms with Crippen LogP contribution in [0.1, 0.15) is 36.1 Å². The molecular formula is C20H25N3O. The molecule has 0 aliphatic carbocycles. The molecule has 4 rings (SSSR count). The molecule has 4 heteroatoms. The number of aromatic nitrogens is 1. The van der Waals surface area contributed by atoms with Gasteiger partial charge in [-0.2, -0.15) is 0 Å². The van der Waals surface area contributed by atoms with Gasteiger partial charge >= 0.3 is 0 Å². The van der Waals surface area contributed by atoms with Gasteiger partial charge in [0.2, 0.25) is 0 Å². The second kappa shape index (κ2) is 7.22. The Morgan fingerprint density at radius 1 is 1.04 bits per heavy atom. The Morgan fingerprint density at radius 2 is 1.92 bits per heavy atom. The molecule has 1 N–H and O–H groups in total. The van der Waals surface area contributed by atoms with Crippen LogP contribution >= 0.6 is 0 Å². The number of ether oxygens (including phenoxy) is 1. The van der Waals surface area contributed by atoms with Crippen LogP contribution in [0.15, 0.2) is 36.4 Å². The number of rotatable bonds is 5. The highest BCUT2D eigenvalue weighted by Crippen LogP contribution is 2.24. The van der Waals surface area contributed by atoms with Gasteiger partial charge < -0.3 is 10.1 Å². The van der Waals surface area contributed by atoms with Gasteiger partial charge in [-0.05, 0) is 50.0 Å². The summed E-state index contributed by atoms with van der Waals surface area (Å²) in [5.41, 5.74) is 3.57. The predicted molar refractivity (Wildman–Crippen MR) is 96.3 cm³/mol. The predicted octanol–water partition coefficient (Wildman–Crippen LogP) is 3.61. The molecule has 126 valence electrons. The van der Waals surface area contributed by atoms with Crippen LogP contribution in [0.2, 0.25) is 0 Å². The number of nitrogens with zero attached hydrogens (tertiary/aromatic N) is 2. The zero-order valence-corrected chi connectivity index (χ0v) is 14.1. The standard InChI is InChI=1S/C20H25N3O/c1-4-12-23(13-5-1)14-17-6-2-3-7-19(17)24-15-18-9-8-16-10-11-21-20(16)22-18/h2-3,6-9H,1,4-5,10-15H2,(H,21,22). The third-order valence-electron chi connectivity index (χ3n) is 4.91. The molecule has 2 aromatic rings. The number of anilines is 1. The van der Waals surface area contributed by atoms with Crippen LogP contribution in [-0.2, 0) is 19.6 Å². The molecule has 1 saturated heterocycles. The van der Waals surface area contributed by atoms with Crippen LogP contribution in [0.25, 0.3) is 0 Å². The SMILES string of the molecule is c1ccc(OCc2ccc3c(n2)NCC3)c(CN2CCCCC2)c1. The first-order valence-electron chi connectivity index (χ1n) is 9.04. The summed E-state index contributed by atoms with van der Waals surface area (Å²) in [6.07, 6.45) is 5.07. The smallest absolute Gasteiger partial charge is 0.130 e. The number of pyridine rings is 1. The fourth-order valence-electron chi connectivity index (χ4n) is 3.56. The van der Waals surface area contributed by atoms with Crippen molar-refractivity contribution in [2.24, 2.45) is 0 Å². The molecule has 1 aromatic carbocycles. The number of para-hydroxylation sites is 1. The van der Waals surface area contributed by atoms with Crippen LogP contribution < -0.4 is 10.1 Å². The minimum Gasteiger partial charge on any atom is -0.487 e. The van der Waals surface area contributed by atoms with Crippen molar-refractivity contribution in [2.45, 2.75) is 38.8 Å². The second-order valence-corrected chi connectivity index (χ2v) is 6.72. The van der Waals surface area contributed by atoms with E-state index in [1.165, 1.54) is 43.5 Å². The molecule has 0 radical (unpaired) electrons. The van der Waals surface area contributed by atoms with Crippen molar-refractivity contribution in [3.8, 4) is 5.75 Å². The molecular weight excluding hydrogens is 298 g/mol. The average molecular weight is 323 g/mol. The molecule has 0 unspecified atom stereocenters. The maximum atomic E-state index is 6.11. The van der Waals surface area contributed by atoms with Gasteiger partial charge in [-0.15, -0.1) is 0 Å². The first-order chi connectivity index (χ1) is 11.9. The lowest BCUT2D eigenvalue weighted by Crippen LogP contribution is -2.29. The van der Waals surface area contributed by atoms with Gasteiger partial charge in [0.25, 0.3) is 0 Å². The first-order valence-corrected chi connectivity index (χ1v) is 9.04. The molecule has 1 aromatic heterocycles. The highest BCUT2D eigenvalue weighted by molar-refractivity contribution is 5.49. The second-order valence-electron chi connectivity index (χ2n) is 6.72. The summed E-state index contributed by atoms with van der Waals surface area (Å²) in [5.74, 6) is 2.01. The lowest BCUT2D eigenvalue weighted by Gasteiger charge is -2.27. The quantitative estimate of drug-likeness (QED) is 0.912. The summed E-state index contributed by atoms with van der Waals surface area (Å²) in [6, 6.07) is 12.7. The fraction of sp³-hybridized carbons (Fsp3) is 0.450. The largest absolute Gasteiger partial charge is 0.487 e. The molecule has 2 aliphatic rings. The van der Waals surface area contributed by atoms with Gasteiger partial charge in [0.05, 0.1) is 5.69 Å². The average Bonchev–Trinajstić information content (AvgIpc) is 3.10. The molecule has 4 nitrogen and oxygen atoms in total. The summed E-state index contributed by atoms with van der Waals surface area (Å²) in [4.78, 5) is 7.20. The summed E-state index contributed by atoms with van der Waals surface area (Å²) < 4.78 is 6.11. The molecule has 1 fully saturated rings. The Bertz CT molecular complexity index is 695. The lowest BCUT2D eigenvalue weighted by molar-refractivity contribution is 0.215. The van der Waals surface area contributed by atoms with Crippen molar-refractivity contribution in [2.75, 3.05) is 25.0 Å². The van der Waals surface area contributed by atoms with Crippen LogP contribution in [0.3, 0.4) is 0 Å². The van der Waals surface area contributed by atoms with Crippen LogP contribution in [0.5, 0.6) is 5.75 Å². The van der Waals surface area contributed by atoms with E-state index in [-0.39, 0.29) is 0 Å². The van der Waals surface area contributed by atoms with Crippen LogP contribution in [-0.4, -0.2) is 29.5 Å². The summed E-state index contributed by atoms with van der Waals surface area (Å²) in [6.45, 7) is 4.89. The van der Waals surface area contributed by atoms with Crippen molar-refractivity contribution in [1.82, 2.24) is 9.88 Å². The minimum absolute atomic E-state index is 0.520. The Hall–Kier alpha value is -2.07. The number of piperidine rings is 1. The van der Waals surface area contributed by atoms with Crippen LogP contribution in [0.4, 0.5) is 5.82 Å². The Morgan fingerprint density at radius 3 is 2.83 bits per heavy atom. The topological polar surface area (TPSA) is 37.4 Å². The normalized spacial score (nSPS) is 17.3. The van der Waals surface area contributed by atoms with E-state index >= 15 is 0 Å². The van der Waals surface area contributed by atoms with E-state index in [0.29, 0.717) is 6.61 Å². The van der Waals surface area contributed by atoms with E-state index < -0.39 is 0 Å².